The van der Waals surface area contributed by atoms with E-state index < -0.39 is 48.3 Å². The first-order chi connectivity index (χ1) is 36.4. The van der Waals surface area contributed by atoms with Crippen molar-refractivity contribution >= 4 is 46.8 Å². The van der Waals surface area contributed by atoms with Crippen LogP contribution >= 0.6 is 12.2 Å². The lowest BCUT2D eigenvalue weighted by molar-refractivity contribution is -0.148. The van der Waals surface area contributed by atoms with Gasteiger partial charge in [-0.15, -0.1) is 0 Å². The van der Waals surface area contributed by atoms with E-state index in [1.807, 2.05) is 83.7 Å². The molecule has 0 spiro atoms. The van der Waals surface area contributed by atoms with Gasteiger partial charge in [0.25, 0.3) is 0 Å². The van der Waals surface area contributed by atoms with Crippen LogP contribution in [0, 0.1) is 23.7 Å². The first kappa shape index (κ1) is 68.2. The Morgan fingerprint density at radius 1 is 0.737 bits per heavy atom. The van der Waals surface area contributed by atoms with Crippen molar-refractivity contribution in [3.8, 4) is 0 Å². The molecule has 1 fully saturated rings. The number of hydrogen-bond donors (Lipinski definition) is 3. The number of thiocarbonyl (C=S) groups is 1. The summed E-state index contributed by atoms with van der Waals surface area (Å²) in [4.78, 5) is 74.9. The predicted octanol–water partition coefficient (Wildman–Crippen LogP) is 3.68. The van der Waals surface area contributed by atoms with Gasteiger partial charge in [0.2, 0.25) is 23.6 Å². The van der Waals surface area contributed by atoms with Crippen molar-refractivity contribution in [3.63, 3.8) is 0 Å². The van der Waals surface area contributed by atoms with Gasteiger partial charge >= 0.3 is 5.97 Å². The first-order valence-corrected chi connectivity index (χ1v) is 27.6. The van der Waals surface area contributed by atoms with E-state index in [0.717, 1.165) is 12.0 Å². The number of carbonyl (C=O) groups excluding carboxylic acids is 5. The Morgan fingerprint density at radius 3 is 1.75 bits per heavy atom. The average Bonchev–Trinajstić information content (AvgIpc) is 3.89. The number of likely N-dealkylation sites (tertiary alicyclic amines) is 1. The van der Waals surface area contributed by atoms with E-state index in [4.69, 9.17) is 60.6 Å². The Bertz CT molecular complexity index is 1820. The molecule has 0 aliphatic carbocycles. The summed E-state index contributed by atoms with van der Waals surface area (Å²) < 4.78 is 50.2. The normalized spacial score (nSPS) is 16.8. The van der Waals surface area contributed by atoms with Crippen LogP contribution < -0.4 is 16.4 Å². The molecule has 1 aliphatic rings. The zero-order valence-corrected chi connectivity index (χ0v) is 48.7. The molecule has 0 saturated carbocycles. The summed E-state index contributed by atoms with van der Waals surface area (Å²) in [6, 6.07) is 6.23. The molecule has 1 aromatic carbocycles. The van der Waals surface area contributed by atoms with Gasteiger partial charge < -0.3 is 73.7 Å². The van der Waals surface area contributed by atoms with Crippen molar-refractivity contribution in [2.24, 2.45) is 29.4 Å². The van der Waals surface area contributed by atoms with Gasteiger partial charge in [-0.3, -0.25) is 19.2 Å². The van der Waals surface area contributed by atoms with Crippen molar-refractivity contribution in [1.82, 2.24) is 25.3 Å². The Morgan fingerprint density at radius 2 is 1.28 bits per heavy atom. The van der Waals surface area contributed by atoms with Gasteiger partial charge in [0.15, 0.2) is 0 Å². The third-order valence-electron chi connectivity index (χ3n) is 13.9. The van der Waals surface area contributed by atoms with Crippen LogP contribution in [-0.4, -0.2) is 220 Å². The summed E-state index contributed by atoms with van der Waals surface area (Å²) >= 11 is 5.89. The van der Waals surface area contributed by atoms with Crippen LogP contribution in [0.15, 0.2) is 30.3 Å². The molecule has 1 saturated heterocycles. The molecule has 436 valence electrons. The predicted molar refractivity (Wildman–Crippen MR) is 295 cm³/mol. The molecule has 1 aromatic rings. The van der Waals surface area contributed by atoms with Crippen LogP contribution in [0.25, 0.3) is 0 Å². The lowest BCUT2D eigenvalue weighted by Gasteiger charge is -2.41. The summed E-state index contributed by atoms with van der Waals surface area (Å²) in [5.74, 6) is -2.71. The zero-order valence-electron chi connectivity index (χ0n) is 47.9. The molecule has 9 unspecified atom stereocenters. The molecular weight excluding hydrogens is 1000 g/mol. The zero-order chi connectivity index (χ0) is 56.6. The van der Waals surface area contributed by atoms with Gasteiger partial charge in [0.05, 0.1) is 129 Å². The lowest BCUT2D eigenvalue weighted by Crippen LogP contribution is -2.60. The molecule has 2 rings (SSSR count). The summed E-state index contributed by atoms with van der Waals surface area (Å²) in [5.41, 5.74) is 6.32. The van der Waals surface area contributed by atoms with E-state index in [9.17, 15) is 24.0 Å². The quantitative estimate of drug-likeness (QED) is 0.0483. The minimum absolute atomic E-state index is 0.0102. The molecule has 20 nitrogen and oxygen atoms in total. The maximum atomic E-state index is 14.7. The highest BCUT2D eigenvalue weighted by molar-refractivity contribution is 7.80. The number of nitrogens with zero attached hydrogens (tertiary/aromatic N) is 3. The number of nitrogens with one attached hydrogen (secondary N) is 2. The Kier molecular flexibility index (Phi) is 34.7. The van der Waals surface area contributed by atoms with Gasteiger partial charge in [-0.25, -0.2) is 4.79 Å². The first-order valence-electron chi connectivity index (χ1n) is 27.2. The summed E-state index contributed by atoms with van der Waals surface area (Å²) in [6.45, 7) is 19.3. The SMILES string of the molecule is CCC(C)C(C(CC(=O)N1CCCC1C(OC)C(C)C(=S)NC(Cc1ccccc1)C(=O)OC)OC)N(C)C(=O)C(NC(=O)C(C(C)C)N(C)C(=O)CCOCCOCCOCCOCCOCCOCCN)C(C)C. The van der Waals surface area contributed by atoms with E-state index in [0.29, 0.717) is 103 Å². The minimum atomic E-state index is -0.942. The summed E-state index contributed by atoms with van der Waals surface area (Å²) in [7, 11) is 7.78. The maximum Gasteiger partial charge on any atom is 0.328 e. The molecule has 1 aliphatic heterocycles. The number of carbonyl (C=O) groups is 5. The Hall–Kier alpha value is -3.90. The lowest BCUT2D eigenvalue weighted by atomic mass is 9.89. The van der Waals surface area contributed by atoms with Crippen molar-refractivity contribution in [3.05, 3.63) is 35.9 Å². The number of nitrogens with two attached hydrogens (primary N) is 1. The minimum Gasteiger partial charge on any atom is -0.467 e. The fourth-order valence-electron chi connectivity index (χ4n) is 9.47. The molecule has 0 radical (unpaired) electrons. The number of amides is 4. The number of hydrogen-bond acceptors (Lipinski definition) is 16. The van der Waals surface area contributed by atoms with Gasteiger partial charge in [-0.1, -0.05) is 97.4 Å². The number of esters is 1. The van der Waals surface area contributed by atoms with Crippen LogP contribution in [0.5, 0.6) is 0 Å². The van der Waals surface area contributed by atoms with Gasteiger partial charge in [0, 0.05) is 53.7 Å². The van der Waals surface area contributed by atoms with Crippen molar-refractivity contribution in [2.45, 2.75) is 129 Å². The molecule has 0 aromatic heterocycles. The molecule has 4 amide bonds. The van der Waals surface area contributed by atoms with Gasteiger partial charge in [-0.05, 0) is 36.2 Å². The fourth-order valence-corrected chi connectivity index (χ4v) is 9.74. The number of methoxy groups -OCH3 is 3. The van der Waals surface area contributed by atoms with Crippen LogP contribution in [0.2, 0.25) is 0 Å². The largest absolute Gasteiger partial charge is 0.467 e. The highest BCUT2D eigenvalue weighted by atomic mass is 32.1. The highest BCUT2D eigenvalue weighted by Crippen LogP contribution is 2.30. The van der Waals surface area contributed by atoms with E-state index in [1.165, 1.54) is 12.0 Å². The second-order valence-electron chi connectivity index (χ2n) is 20.0. The van der Waals surface area contributed by atoms with Crippen molar-refractivity contribution < 1.29 is 66.6 Å². The highest BCUT2D eigenvalue weighted by Gasteiger charge is 2.43. The maximum absolute atomic E-state index is 14.7. The van der Waals surface area contributed by atoms with E-state index in [2.05, 4.69) is 10.6 Å². The van der Waals surface area contributed by atoms with E-state index >= 15 is 0 Å². The fraction of sp³-hybridized carbons (Fsp3) is 0.782. The molecule has 76 heavy (non-hydrogen) atoms. The molecule has 21 heteroatoms. The van der Waals surface area contributed by atoms with Crippen LogP contribution in [-0.2, 0) is 73.0 Å². The van der Waals surface area contributed by atoms with Crippen LogP contribution in [0.4, 0.5) is 0 Å². The van der Waals surface area contributed by atoms with E-state index in [-0.39, 0.29) is 73.5 Å². The average molecular weight is 1100 g/mol. The van der Waals surface area contributed by atoms with Crippen LogP contribution in [0.1, 0.15) is 86.1 Å². The smallest absolute Gasteiger partial charge is 0.328 e. The number of ether oxygens (including phenoxy) is 9. The standard InChI is InChI=1S/C55H96N6O14S/c1-13-40(6)50(45(67-10)37-47(63)61-23-17-20-44(61)51(68-11)41(7)53(76)57-43(55(66)69-12)36-42-18-15-14-16-19-42)60(9)54(65)48(38(2)3)58-52(64)49(39(4)5)59(8)46(62)21-24-70-26-28-72-30-32-74-34-35-75-33-31-73-29-27-71-25-22-56/h14-16,18-19,38-41,43-45,48-51H,13,17,20-37,56H2,1-12H3,(H,57,76)(H,58,64). The van der Waals surface area contributed by atoms with E-state index in [1.54, 1.807) is 33.2 Å². The molecule has 1 heterocycles. The molecule has 0 bridgehead atoms. The molecule has 9 atom stereocenters. The topological polar surface area (TPSA) is 228 Å². The number of likely N-dealkylation sites (N-methyl/N-ethyl adjacent to an activating group) is 2. The van der Waals surface area contributed by atoms with Crippen LogP contribution in [0.3, 0.4) is 0 Å². The third-order valence-corrected chi connectivity index (χ3v) is 14.4. The Labute approximate surface area is 459 Å². The summed E-state index contributed by atoms with van der Waals surface area (Å²) in [5, 5.41) is 6.23. The van der Waals surface area contributed by atoms with Crippen molar-refractivity contribution in [2.75, 3.05) is 128 Å². The summed E-state index contributed by atoms with van der Waals surface area (Å²) in [6.07, 6.45) is 1.36. The second kappa shape index (κ2) is 38.6. The second-order valence-corrected chi connectivity index (χ2v) is 20.4. The third kappa shape index (κ3) is 23.6. The number of benzene rings is 1. The van der Waals surface area contributed by atoms with Crippen molar-refractivity contribution in [1.29, 1.82) is 0 Å². The monoisotopic (exact) mass is 1100 g/mol. The Balaban J connectivity index is 2.00. The molecular formula is C55H96N6O14S. The van der Waals surface area contributed by atoms with Gasteiger partial charge in [0.1, 0.15) is 18.1 Å². The van der Waals surface area contributed by atoms with Gasteiger partial charge in [-0.2, -0.15) is 0 Å². The number of rotatable bonds is 41. The molecule has 4 N–H and O–H groups in total.